The second-order valence-corrected chi connectivity index (χ2v) is 9.21. The molecule has 6 nitrogen and oxygen atoms in total. The fraction of sp³-hybridized carbons (Fsp3) is 0.185. The lowest BCUT2D eigenvalue weighted by molar-refractivity contribution is 0.0527. The summed E-state index contributed by atoms with van der Waals surface area (Å²) in [5.41, 5.74) is 4.84. The van der Waals surface area contributed by atoms with Crippen molar-refractivity contribution in [2.45, 2.75) is 26.8 Å². The topological polar surface area (TPSA) is 80.1 Å². The molecule has 0 aliphatic rings. The van der Waals surface area contributed by atoms with Crippen molar-refractivity contribution in [2.75, 3.05) is 6.61 Å². The molecule has 35 heavy (non-hydrogen) atoms. The molecule has 0 atom stereocenters. The summed E-state index contributed by atoms with van der Waals surface area (Å²) in [6.45, 7) is 4.25. The first-order valence-corrected chi connectivity index (χ1v) is 12.0. The maximum Gasteiger partial charge on any atom is 0.340 e. The summed E-state index contributed by atoms with van der Waals surface area (Å²) in [6.07, 6.45) is 0.573. The molecule has 2 heterocycles. The number of aromatic nitrogens is 3. The third-order valence-electron chi connectivity index (χ3n) is 6.11. The molecule has 178 valence electrons. The number of carbonyl (C=O) groups excluding carboxylic acids is 1. The van der Waals surface area contributed by atoms with Crippen LogP contribution in [0.4, 0.5) is 0 Å². The quantitative estimate of drug-likeness (QED) is 0.252. The minimum Gasteiger partial charge on any atom is -0.506 e. The average molecular weight is 508 g/mol. The standard InChI is InChI=1S/C27H23Cl2N3O3/c1-3-35-27(34)23-15(2)32(14-17-9-10-18(28)12-20(17)29)26-19(23)13-21(33)24-25(26)31-22(30-24)11-16-7-5-4-6-8-16/h4-10,12-13,33H,3,11,14H2,1-2H3,(H,30,31). The van der Waals surface area contributed by atoms with Crippen molar-refractivity contribution in [3.05, 3.63) is 92.9 Å². The van der Waals surface area contributed by atoms with Gasteiger partial charge in [0.05, 0.1) is 17.7 Å². The van der Waals surface area contributed by atoms with E-state index in [1.807, 2.05) is 47.9 Å². The minimum absolute atomic E-state index is 0.0199. The van der Waals surface area contributed by atoms with E-state index in [4.69, 9.17) is 32.9 Å². The summed E-state index contributed by atoms with van der Waals surface area (Å²) >= 11 is 12.6. The molecule has 0 unspecified atom stereocenters. The zero-order chi connectivity index (χ0) is 24.7. The molecule has 8 heteroatoms. The molecule has 0 saturated carbocycles. The predicted molar refractivity (Wildman–Crippen MR) is 139 cm³/mol. The normalized spacial score (nSPS) is 11.4. The van der Waals surface area contributed by atoms with Crippen molar-refractivity contribution >= 4 is 51.1 Å². The van der Waals surface area contributed by atoms with Crippen LogP contribution in [0.2, 0.25) is 10.0 Å². The highest BCUT2D eigenvalue weighted by atomic mass is 35.5. The molecule has 0 bridgehead atoms. The van der Waals surface area contributed by atoms with E-state index < -0.39 is 5.97 Å². The third kappa shape index (κ3) is 4.24. The maximum atomic E-state index is 13.0. The zero-order valence-electron chi connectivity index (χ0n) is 19.2. The fourth-order valence-corrected chi connectivity index (χ4v) is 4.97. The number of aromatic amines is 1. The smallest absolute Gasteiger partial charge is 0.340 e. The van der Waals surface area contributed by atoms with Gasteiger partial charge >= 0.3 is 5.97 Å². The van der Waals surface area contributed by atoms with E-state index in [9.17, 15) is 9.90 Å². The highest BCUT2D eigenvalue weighted by Gasteiger charge is 2.26. The number of nitrogens with one attached hydrogen (secondary N) is 1. The van der Waals surface area contributed by atoms with Gasteiger partial charge in [-0.1, -0.05) is 59.6 Å². The summed E-state index contributed by atoms with van der Waals surface area (Å²) in [5.74, 6) is 0.280. The maximum absolute atomic E-state index is 13.0. The Kier molecular flexibility index (Phi) is 6.17. The van der Waals surface area contributed by atoms with Gasteiger partial charge in [0.1, 0.15) is 22.6 Å². The first kappa shape index (κ1) is 23.3. The molecule has 0 amide bonds. The molecule has 0 fully saturated rings. The lowest BCUT2D eigenvalue weighted by Gasteiger charge is -2.11. The zero-order valence-corrected chi connectivity index (χ0v) is 20.7. The van der Waals surface area contributed by atoms with Crippen LogP contribution < -0.4 is 0 Å². The number of fused-ring (bicyclic) bond motifs is 3. The Morgan fingerprint density at radius 3 is 2.63 bits per heavy atom. The van der Waals surface area contributed by atoms with Crippen LogP contribution in [-0.2, 0) is 17.7 Å². The number of halogens is 2. The molecule has 0 aliphatic carbocycles. The molecular formula is C27H23Cl2N3O3. The number of phenols is 1. The van der Waals surface area contributed by atoms with E-state index in [0.29, 0.717) is 56.5 Å². The molecule has 5 aromatic rings. The summed E-state index contributed by atoms with van der Waals surface area (Å²) in [7, 11) is 0. The number of phenolic OH excluding ortho intramolecular Hbond substituents is 1. The average Bonchev–Trinajstić information content (AvgIpc) is 3.35. The lowest BCUT2D eigenvalue weighted by atomic mass is 10.1. The van der Waals surface area contributed by atoms with Crippen molar-refractivity contribution < 1.29 is 14.6 Å². The van der Waals surface area contributed by atoms with Gasteiger partial charge in [-0.05, 0) is 43.2 Å². The number of benzene rings is 3. The van der Waals surface area contributed by atoms with E-state index in [1.54, 1.807) is 25.1 Å². The van der Waals surface area contributed by atoms with E-state index in [-0.39, 0.29) is 12.4 Å². The molecular weight excluding hydrogens is 485 g/mol. The number of imidazole rings is 1. The van der Waals surface area contributed by atoms with Crippen molar-refractivity contribution in [1.82, 2.24) is 14.5 Å². The molecule has 2 N–H and O–H groups in total. The Hall–Kier alpha value is -3.48. The van der Waals surface area contributed by atoms with Crippen LogP contribution in [0.1, 0.15) is 39.9 Å². The van der Waals surface area contributed by atoms with Gasteiger partial charge in [0, 0.05) is 34.1 Å². The Morgan fingerprint density at radius 2 is 1.91 bits per heavy atom. The van der Waals surface area contributed by atoms with Crippen LogP contribution in [0.25, 0.3) is 21.9 Å². The number of hydrogen-bond donors (Lipinski definition) is 2. The summed E-state index contributed by atoms with van der Waals surface area (Å²) < 4.78 is 7.34. The highest BCUT2D eigenvalue weighted by Crippen LogP contribution is 2.38. The molecule has 2 aromatic heterocycles. The minimum atomic E-state index is -0.449. The monoisotopic (exact) mass is 507 g/mol. The fourth-order valence-electron chi connectivity index (χ4n) is 4.50. The summed E-state index contributed by atoms with van der Waals surface area (Å²) in [5, 5.41) is 12.5. The van der Waals surface area contributed by atoms with Crippen molar-refractivity contribution in [1.29, 1.82) is 0 Å². The summed E-state index contributed by atoms with van der Waals surface area (Å²) in [4.78, 5) is 21.1. The Bertz CT molecular complexity index is 1570. The number of ether oxygens (including phenoxy) is 1. The number of rotatable bonds is 6. The third-order valence-corrected chi connectivity index (χ3v) is 6.70. The van der Waals surface area contributed by atoms with Gasteiger partial charge in [0.2, 0.25) is 0 Å². The van der Waals surface area contributed by atoms with Gasteiger partial charge in [-0.15, -0.1) is 0 Å². The van der Waals surface area contributed by atoms with Crippen molar-refractivity contribution in [2.24, 2.45) is 0 Å². The second kappa shape index (κ2) is 9.29. The Labute approximate surface area is 212 Å². The number of esters is 1. The van der Waals surface area contributed by atoms with E-state index in [2.05, 4.69) is 4.98 Å². The van der Waals surface area contributed by atoms with Crippen LogP contribution in [0, 0.1) is 6.92 Å². The van der Waals surface area contributed by atoms with E-state index >= 15 is 0 Å². The molecule has 0 radical (unpaired) electrons. The number of aromatic hydroxyl groups is 1. The largest absolute Gasteiger partial charge is 0.506 e. The number of nitrogens with zero attached hydrogens (tertiary/aromatic N) is 2. The Morgan fingerprint density at radius 1 is 1.14 bits per heavy atom. The highest BCUT2D eigenvalue weighted by molar-refractivity contribution is 6.35. The van der Waals surface area contributed by atoms with Gasteiger partial charge in [0.25, 0.3) is 0 Å². The molecule has 3 aromatic carbocycles. The lowest BCUT2D eigenvalue weighted by Crippen LogP contribution is -2.08. The van der Waals surface area contributed by atoms with Gasteiger partial charge < -0.3 is 19.4 Å². The number of H-pyrrole nitrogens is 1. The first-order valence-electron chi connectivity index (χ1n) is 11.3. The van der Waals surface area contributed by atoms with Gasteiger partial charge in [-0.3, -0.25) is 0 Å². The van der Waals surface area contributed by atoms with E-state index in [0.717, 1.165) is 16.6 Å². The van der Waals surface area contributed by atoms with Gasteiger partial charge in [-0.25, -0.2) is 9.78 Å². The van der Waals surface area contributed by atoms with Gasteiger partial charge in [0.15, 0.2) is 0 Å². The molecule has 0 aliphatic heterocycles. The van der Waals surface area contributed by atoms with Crippen molar-refractivity contribution in [3.8, 4) is 5.75 Å². The van der Waals surface area contributed by atoms with Crippen LogP contribution in [0.3, 0.4) is 0 Å². The second-order valence-electron chi connectivity index (χ2n) is 8.36. The Balaban J connectivity index is 1.75. The van der Waals surface area contributed by atoms with Crippen LogP contribution in [0.5, 0.6) is 5.75 Å². The van der Waals surface area contributed by atoms with Crippen LogP contribution in [-0.4, -0.2) is 32.2 Å². The van der Waals surface area contributed by atoms with Crippen molar-refractivity contribution in [3.63, 3.8) is 0 Å². The SMILES string of the molecule is CCOC(=O)c1c(C)n(Cc2ccc(Cl)cc2Cl)c2c1cc(O)c1[nH]c(Cc3ccccc3)nc12. The van der Waals surface area contributed by atoms with E-state index in [1.165, 1.54) is 0 Å². The van der Waals surface area contributed by atoms with Crippen LogP contribution in [0.15, 0.2) is 54.6 Å². The molecule has 0 spiro atoms. The number of carbonyl (C=O) groups is 1. The summed E-state index contributed by atoms with van der Waals surface area (Å²) in [6, 6.07) is 16.9. The molecule has 0 saturated heterocycles. The first-order chi connectivity index (χ1) is 16.9. The number of hydrogen-bond acceptors (Lipinski definition) is 4. The molecule has 5 rings (SSSR count). The van der Waals surface area contributed by atoms with Crippen LogP contribution >= 0.6 is 23.2 Å². The predicted octanol–water partition coefficient (Wildman–Crippen LogP) is 6.65. The van der Waals surface area contributed by atoms with Gasteiger partial charge in [-0.2, -0.15) is 0 Å².